The highest BCUT2D eigenvalue weighted by Gasteiger charge is 2.06. The van der Waals surface area contributed by atoms with Crippen molar-refractivity contribution in [1.82, 2.24) is 15.0 Å². The Kier molecular flexibility index (Phi) is 7.31. The summed E-state index contributed by atoms with van der Waals surface area (Å²) in [4.78, 5) is 0. The van der Waals surface area contributed by atoms with Gasteiger partial charge in [0.25, 0.3) is 0 Å². The number of aromatic nitrogens is 3. The second-order valence-electron chi connectivity index (χ2n) is 3.72. The fourth-order valence-corrected chi connectivity index (χ4v) is 1.50. The van der Waals surface area contributed by atoms with Gasteiger partial charge < -0.3 is 19.9 Å². The fourth-order valence-electron chi connectivity index (χ4n) is 1.50. The molecule has 0 saturated heterocycles. The minimum Gasteiger partial charge on any atom is -0.382 e. The van der Waals surface area contributed by atoms with Crippen LogP contribution in [0.5, 0.6) is 0 Å². The smallest absolute Gasteiger partial charge is 0.169 e. The van der Waals surface area contributed by atoms with Crippen LogP contribution >= 0.6 is 0 Å². The van der Waals surface area contributed by atoms with Crippen LogP contribution in [0.1, 0.15) is 12.6 Å². The van der Waals surface area contributed by atoms with Gasteiger partial charge in [-0.25, -0.2) is 4.68 Å². The summed E-state index contributed by atoms with van der Waals surface area (Å²) in [6.07, 6.45) is 0.818. The molecule has 1 rings (SSSR count). The SMILES string of the molecule is CCc1c(N)nnn1CCOCCOCCOC. The van der Waals surface area contributed by atoms with Crippen molar-refractivity contribution in [2.24, 2.45) is 0 Å². The van der Waals surface area contributed by atoms with E-state index in [-0.39, 0.29) is 0 Å². The zero-order valence-electron chi connectivity index (χ0n) is 11.1. The summed E-state index contributed by atoms with van der Waals surface area (Å²) in [6, 6.07) is 0. The van der Waals surface area contributed by atoms with E-state index in [1.54, 1.807) is 11.8 Å². The molecular formula is C11H22N4O3. The molecule has 0 fully saturated rings. The lowest BCUT2D eigenvalue weighted by Gasteiger charge is -2.07. The lowest BCUT2D eigenvalue weighted by Crippen LogP contribution is -2.14. The van der Waals surface area contributed by atoms with Gasteiger partial charge in [-0.3, -0.25) is 0 Å². The van der Waals surface area contributed by atoms with E-state index in [0.717, 1.165) is 12.1 Å². The lowest BCUT2D eigenvalue weighted by atomic mass is 10.3. The van der Waals surface area contributed by atoms with Gasteiger partial charge in [-0.15, -0.1) is 5.10 Å². The highest BCUT2D eigenvalue weighted by Crippen LogP contribution is 2.07. The van der Waals surface area contributed by atoms with Crippen LogP contribution < -0.4 is 5.73 Å². The number of nitrogens with two attached hydrogens (primary N) is 1. The third-order valence-electron chi connectivity index (χ3n) is 2.45. The van der Waals surface area contributed by atoms with Crippen LogP contribution in [0.2, 0.25) is 0 Å². The summed E-state index contributed by atoms with van der Waals surface area (Å²) in [6.45, 7) is 5.60. The van der Waals surface area contributed by atoms with Gasteiger partial charge in [0.05, 0.1) is 45.3 Å². The Hall–Kier alpha value is -1.18. The van der Waals surface area contributed by atoms with Crippen molar-refractivity contribution in [2.75, 3.05) is 45.9 Å². The molecular weight excluding hydrogens is 236 g/mol. The Bertz CT molecular complexity index is 330. The van der Waals surface area contributed by atoms with Gasteiger partial charge in [-0.2, -0.15) is 0 Å². The molecule has 0 bridgehead atoms. The Labute approximate surface area is 107 Å². The van der Waals surface area contributed by atoms with Gasteiger partial charge in [0.2, 0.25) is 0 Å². The monoisotopic (exact) mass is 258 g/mol. The largest absolute Gasteiger partial charge is 0.382 e. The third kappa shape index (κ3) is 4.99. The van der Waals surface area contributed by atoms with Crippen LogP contribution in [0.15, 0.2) is 0 Å². The summed E-state index contributed by atoms with van der Waals surface area (Å²) >= 11 is 0. The molecule has 0 saturated carbocycles. The average molecular weight is 258 g/mol. The number of ether oxygens (including phenoxy) is 3. The molecule has 0 aliphatic heterocycles. The van der Waals surface area contributed by atoms with Crippen molar-refractivity contribution in [3.8, 4) is 0 Å². The van der Waals surface area contributed by atoms with E-state index in [4.69, 9.17) is 19.9 Å². The van der Waals surface area contributed by atoms with Gasteiger partial charge in [-0.1, -0.05) is 12.1 Å². The topological polar surface area (TPSA) is 84.4 Å². The Morgan fingerprint density at radius 3 is 2.44 bits per heavy atom. The predicted octanol–water partition coefficient (Wildman–Crippen LogP) is 0.102. The third-order valence-corrected chi connectivity index (χ3v) is 2.45. The minimum absolute atomic E-state index is 0.500. The fraction of sp³-hybridized carbons (Fsp3) is 0.818. The van der Waals surface area contributed by atoms with Crippen LogP contribution in [-0.4, -0.2) is 55.1 Å². The average Bonchev–Trinajstić information content (AvgIpc) is 2.73. The first-order valence-corrected chi connectivity index (χ1v) is 6.11. The second kappa shape index (κ2) is 8.84. The molecule has 0 atom stereocenters. The maximum atomic E-state index is 5.68. The normalized spacial score (nSPS) is 11.0. The van der Waals surface area contributed by atoms with Crippen molar-refractivity contribution < 1.29 is 14.2 Å². The lowest BCUT2D eigenvalue weighted by molar-refractivity contribution is 0.0223. The summed E-state index contributed by atoms with van der Waals surface area (Å²) in [7, 11) is 1.65. The zero-order valence-corrected chi connectivity index (χ0v) is 11.1. The van der Waals surface area contributed by atoms with Crippen molar-refractivity contribution >= 4 is 5.82 Å². The van der Waals surface area contributed by atoms with Crippen molar-refractivity contribution in [2.45, 2.75) is 19.9 Å². The maximum Gasteiger partial charge on any atom is 0.169 e. The second-order valence-corrected chi connectivity index (χ2v) is 3.72. The molecule has 0 aliphatic carbocycles. The standard InChI is InChI=1S/C11H22N4O3/c1-3-10-11(12)13-14-15(10)4-5-17-8-9-18-7-6-16-2/h3-9,12H2,1-2H3. The molecule has 1 aromatic heterocycles. The first-order chi connectivity index (χ1) is 8.79. The number of hydrogen-bond acceptors (Lipinski definition) is 6. The molecule has 1 aromatic rings. The van der Waals surface area contributed by atoms with Crippen LogP contribution in [-0.2, 0) is 27.2 Å². The van der Waals surface area contributed by atoms with E-state index < -0.39 is 0 Å². The van der Waals surface area contributed by atoms with E-state index >= 15 is 0 Å². The Balaban J connectivity index is 2.07. The molecule has 7 nitrogen and oxygen atoms in total. The number of nitrogen functional groups attached to an aromatic ring is 1. The molecule has 18 heavy (non-hydrogen) atoms. The number of nitrogens with zero attached hydrogens (tertiary/aromatic N) is 3. The number of anilines is 1. The van der Waals surface area contributed by atoms with E-state index in [9.17, 15) is 0 Å². The van der Waals surface area contributed by atoms with Crippen molar-refractivity contribution in [1.29, 1.82) is 0 Å². The molecule has 0 radical (unpaired) electrons. The van der Waals surface area contributed by atoms with Gasteiger partial charge in [0.1, 0.15) is 0 Å². The van der Waals surface area contributed by atoms with Crippen LogP contribution in [0.4, 0.5) is 5.82 Å². The quantitative estimate of drug-likeness (QED) is 0.599. The first-order valence-electron chi connectivity index (χ1n) is 6.11. The molecule has 0 spiro atoms. The summed E-state index contributed by atoms with van der Waals surface area (Å²) < 4.78 is 17.3. The molecule has 2 N–H and O–H groups in total. The summed E-state index contributed by atoms with van der Waals surface area (Å²) in [5.74, 6) is 0.500. The highest BCUT2D eigenvalue weighted by atomic mass is 16.5. The molecule has 7 heteroatoms. The molecule has 0 aromatic carbocycles. The summed E-state index contributed by atoms with van der Waals surface area (Å²) in [5, 5.41) is 7.79. The van der Waals surface area contributed by atoms with Crippen molar-refractivity contribution in [3.63, 3.8) is 0 Å². The maximum absolute atomic E-state index is 5.68. The number of rotatable bonds is 10. The number of hydrogen-bond donors (Lipinski definition) is 1. The van der Waals surface area contributed by atoms with Crippen molar-refractivity contribution in [3.05, 3.63) is 5.69 Å². The number of methoxy groups -OCH3 is 1. The molecule has 0 aliphatic rings. The Morgan fingerprint density at radius 1 is 1.11 bits per heavy atom. The first kappa shape index (κ1) is 14.9. The van der Waals surface area contributed by atoms with E-state index in [1.165, 1.54) is 0 Å². The predicted molar refractivity (Wildman–Crippen MR) is 67.3 cm³/mol. The molecule has 104 valence electrons. The zero-order chi connectivity index (χ0) is 13.2. The van der Waals surface area contributed by atoms with Crippen LogP contribution in [0.3, 0.4) is 0 Å². The van der Waals surface area contributed by atoms with Gasteiger partial charge in [0.15, 0.2) is 5.82 Å². The summed E-state index contributed by atoms with van der Waals surface area (Å²) in [5.41, 5.74) is 6.64. The van der Waals surface area contributed by atoms with Gasteiger partial charge in [0, 0.05) is 7.11 Å². The molecule has 0 amide bonds. The van der Waals surface area contributed by atoms with E-state index in [0.29, 0.717) is 45.4 Å². The van der Waals surface area contributed by atoms with Gasteiger partial charge >= 0.3 is 0 Å². The van der Waals surface area contributed by atoms with Crippen LogP contribution in [0, 0.1) is 0 Å². The molecule has 0 unspecified atom stereocenters. The Morgan fingerprint density at radius 2 is 1.78 bits per heavy atom. The molecule has 1 heterocycles. The minimum atomic E-state index is 0.500. The van der Waals surface area contributed by atoms with Crippen LogP contribution in [0.25, 0.3) is 0 Å². The van der Waals surface area contributed by atoms with Gasteiger partial charge in [-0.05, 0) is 6.42 Å². The van der Waals surface area contributed by atoms with E-state index in [2.05, 4.69) is 10.3 Å². The van der Waals surface area contributed by atoms with E-state index in [1.807, 2.05) is 6.92 Å². The highest BCUT2D eigenvalue weighted by molar-refractivity contribution is 5.32.